The molecule has 0 radical (unpaired) electrons. The number of benzene rings is 1. The maximum absolute atomic E-state index is 13.8. The second-order valence-corrected chi connectivity index (χ2v) is 3.87. The van der Waals surface area contributed by atoms with Crippen molar-refractivity contribution < 1.29 is 19.0 Å². The van der Waals surface area contributed by atoms with Gasteiger partial charge in [-0.15, -0.1) is 0 Å². The number of hydrogen-bond acceptors (Lipinski definition) is 4. The molecule has 0 saturated carbocycles. The molecule has 5 heteroatoms. The maximum atomic E-state index is 13.8. The molecule has 100 valence electrons. The van der Waals surface area contributed by atoms with Gasteiger partial charge in [-0.05, 0) is 18.2 Å². The number of rotatable bonds is 5. The van der Waals surface area contributed by atoms with Crippen molar-refractivity contribution in [3.8, 4) is 11.5 Å². The molecule has 1 aromatic carbocycles. The first-order valence-corrected chi connectivity index (χ1v) is 5.74. The average molecular weight is 263 g/mol. The predicted molar refractivity (Wildman–Crippen MR) is 67.4 cm³/mol. The highest BCUT2D eigenvalue weighted by atomic mass is 19.1. The van der Waals surface area contributed by atoms with E-state index in [0.29, 0.717) is 17.0 Å². The molecule has 2 aromatic rings. The number of hydrogen-bond donors (Lipinski definition) is 1. The van der Waals surface area contributed by atoms with Crippen LogP contribution >= 0.6 is 0 Å². The molecule has 0 atom stereocenters. The maximum Gasteiger partial charge on any atom is 0.171 e. The fraction of sp³-hybridized carbons (Fsp3) is 0.214. The van der Waals surface area contributed by atoms with E-state index in [0.717, 1.165) is 0 Å². The molecule has 0 unspecified atom stereocenters. The molecule has 0 aliphatic carbocycles. The molecule has 1 aromatic heterocycles. The Morgan fingerprint density at radius 2 is 2.11 bits per heavy atom. The topological polar surface area (TPSA) is 51.6 Å². The van der Waals surface area contributed by atoms with Crippen LogP contribution in [-0.4, -0.2) is 17.2 Å². The molecular formula is C14H14FNO3. The average Bonchev–Trinajstić information content (AvgIpc) is 2.47. The lowest BCUT2D eigenvalue weighted by molar-refractivity contribution is 0.274. The molecule has 19 heavy (non-hydrogen) atoms. The second kappa shape index (κ2) is 6.15. The van der Waals surface area contributed by atoms with Gasteiger partial charge in [0.2, 0.25) is 0 Å². The Morgan fingerprint density at radius 1 is 1.26 bits per heavy atom. The van der Waals surface area contributed by atoms with Crippen LogP contribution in [0.4, 0.5) is 4.39 Å². The van der Waals surface area contributed by atoms with Gasteiger partial charge < -0.3 is 14.6 Å². The Labute approximate surface area is 110 Å². The normalized spacial score (nSPS) is 10.3. The lowest BCUT2D eigenvalue weighted by atomic mass is 10.2. The van der Waals surface area contributed by atoms with Crippen molar-refractivity contribution in [3.05, 3.63) is 53.6 Å². The first kappa shape index (κ1) is 13.3. The minimum Gasteiger partial charge on any atom is -0.494 e. The Balaban J connectivity index is 2.05. The van der Waals surface area contributed by atoms with Gasteiger partial charge in [-0.3, -0.25) is 4.98 Å². The predicted octanol–water partition coefficient (Wildman–Crippen LogP) is 2.30. The number of nitrogens with zero attached hydrogens (tertiary/aromatic N) is 1. The zero-order chi connectivity index (χ0) is 13.7. The number of halogens is 1. The molecule has 0 spiro atoms. The van der Waals surface area contributed by atoms with E-state index in [4.69, 9.17) is 14.6 Å². The van der Waals surface area contributed by atoms with Gasteiger partial charge in [0, 0.05) is 5.56 Å². The fourth-order valence-corrected chi connectivity index (χ4v) is 1.58. The summed E-state index contributed by atoms with van der Waals surface area (Å²) in [5, 5.41) is 8.86. The van der Waals surface area contributed by atoms with Crippen LogP contribution in [0.5, 0.6) is 11.5 Å². The number of ether oxygens (including phenoxy) is 2. The highest BCUT2D eigenvalue weighted by Gasteiger charge is 2.08. The molecular weight excluding hydrogens is 249 g/mol. The van der Waals surface area contributed by atoms with Crippen LogP contribution in [0.25, 0.3) is 0 Å². The highest BCUT2D eigenvalue weighted by Crippen LogP contribution is 2.21. The Kier molecular flexibility index (Phi) is 4.30. The van der Waals surface area contributed by atoms with Crippen LogP contribution in [0.2, 0.25) is 0 Å². The standard InChI is InChI=1S/C14H14FNO3/c1-18-13-4-2-3-10(14(13)15)9-19-12-6-5-11(8-17)16-7-12/h2-7,17H,8-9H2,1H3. The van der Waals surface area contributed by atoms with Crippen LogP contribution < -0.4 is 9.47 Å². The van der Waals surface area contributed by atoms with Gasteiger partial charge in [0.25, 0.3) is 0 Å². The van der Waals surface area contributed by atoms with E-state index in [9.17, 15) is 4.39 Å². The Hall–Kier alpha value is -2.14. The molecule has 0 fully saturated rings. The third-order valence-corrected chi connectivity index (χ3v) is 2.62. The van der Waals surface area contributed by atoms with Crippen LogP contribution in [-0.2, 0) is 13.2 Å². The quantitative estimate of drug-likeness (QED) is 0.899. The van der Waals surface area contributed by atoms with Crippen molar-refractivity contribution in [2.24, 2.45) is 0 Å². The van der Waals surface area contributed by atoms with Crippen molar-refractivity contribution in [2.45, 2.75) is 13.2 Å². The summed E-state index contributed by atoms with van der Waals surface area (Å²) in [5.41, 5.74) is 0.963. The molecule has 2 rings (SSSR count). The smallest absolute Gasteiger partial charge is 0.171 e. The van der Waals surface area contributed by atoms with Gasteiger partial charge in [-0.1, -0.05) is 12.1 Å². The zero-order valence-electron chi connectivity index (χ0n) is 10.5. The summed E-state index contributed by atoms with van der Waals surface area (Å²) in [6, 6.07) is 8.21. The monoisotopic (exact) mass is 263 g/mol. The van der Waals surface area contributed by atoms with Crippen LogP contribution in [0.1, 0.15) is 11.3 Å². The van der Waals surface area contributed by atoms with E-state index in [1.54, 1.807) is 30.3 Å². The Morgan fingerprint density at radius 3 is 2.74 bits per heavy atom. The molecule has 0 bridgehead atoms. The third kappa shape index (κ3) is 3.20. The van der Waals surface area contributed by atoms with E-state index in [-0.39, 0.29) is 19.0 Å². The zero-order valence-corrected chi connectivity index (χ0v) is 10.5. The van der Waals surface area contributed by atoms with E-state index in [1.807, 2.05) is 0 Å². The molecule has 0 aliphatic rings. The van der Waals surface area contributed by atoms with Crippen molar-refractivity contribution in [1.29, 1.82) is 0 Å². The first-order valence-electron chi connectivity index (χ1n) is 5.74. The van der Waals surface area contributed by atoms with Gasteiger partial charge >= 0.3 is 0 Å². The number of aliphatic hydroxyl groups is 1. The van der Waals surface area contributed by atoms with E-state index in [1.165, 1.54) is 13.3 Å². The molecule has 0 amide bonds. The van der Waals surface area contributed by atoms with Crippen LogP contribution in [0.3, 0.4) is 0 Å². The van der Waals surface area contributed by atoms with Crippen molar-refractivity contribution in [1.82, 2.24) is 4.98 Å². The summed E-state index contributed by atoms with van der Waals surface area (Å²) >= 11 is 0. The number of methoxy groups -OCH3 is 1. The lowest BCUT2D eigenvalue weighted by Crippen LogP contribution is -2.01. The molecule has 0 aliphatic heterocycles. The van der Waals surface area contributed by atoms with Crippen molar-refractivity contribution >= 4 is 0 Å². The van der Waals surface area contributed by atoms with Gasteiger partial charge in [0.1, 0.15) is 12.4 Å². The van der Waals surface area contributed by atoms with E-state index < -0.39 is 5.82 Å². The van der Waals surface area contributed by atoms with Gasteiger partial charge in [-0.25, -0.2) is 4.39 Å². The van der Waals surface area contributed by atoms with Gasteiger partial charge in [-0.2, -0.15) is 0 Å². The second-order valence-electron chi connectivity index (χ2n) is 3.87. The van der Waals surface area contributed by atoms with Gasteiger partial charge in [0.05, 0.1) is 25.6 Å². The summed E-state index contributed by atoms with van der Waals surface area (Å²) in [6.45, 7) is -0.0338. The Bertz CT molecular complexity index is 543. The van der Waals surface area contributed by atoms with Crippen LogP contribution in [0, 0.1) is 5.82 Å². The minimum atomic E-state index is -0.426. The third-order valence-electron chi connectivity index (χ3n) is 2.62. The number of aliphatic hydroxyl groups excluding tert-OH is 1. The summed E-state index contributed by atoms with van der Waals surface area (Å²) in [7, 11) is 1.42. The summed E-state index contributed by atoms with van der Waals surface area (Å²) < 4.78 is 24.2. The number of aromatic nitrogens is 1. The molecule has 0 saturated heterocycles. The van der Waals surface area contributed by atoms with Crippen molar-refractivity contribution in [3.63, 3.8) is 0 Å². The molecule has 1 heterocycles. The summed E-state index contributed by atoms with van der Waals surface area (Å²) in [5.74, 6) is 0.277. The van der Waals surface area contributed by atoms with E-state index >= 15 is 0 Å². The highest BCUT2D eigenvalue weighted by molar-refractivity contribution is 5.31. The lowest BCUT2D eigenvalue weighted by Gasteiger charge is -2.09. The summed E-state index contributed by atoms with van der Waals surface area (Å²) in [6.07, 6.45) is 1.49. The molecule has 1 N–H and O–H groups in total. The molecule has 4 nitrogen and oxygen atoms in total. The fourth-order valence-electron chi connectivity index (χ4n) is 1.58. The van der Waals surface area contributed by atoms with Crippen LogP contribution in [0.15, 0.2) is 36.5 Å². The van der Waals surface area contributed by atoms with E-state index in [2.05, 4.69) is 4.98 Å². The largest absolute Gasteiger partial charge is 0.494 e. The first-order chi connectivity index (χ1) is 9.24. The number of pyridine rings is 1. The van der Waals surface area contributed by atoms with Gasteiger partial charge in [0.15, 0.2) is 11.6 Å². The van der Waals surface area contributed by atoms with Crippen molar-refractivity contribution in [2.75, 3.05) is 7.11 Å². The summed E-state index contributed by atoms with van der Waals surface area (Å²) in [4.78, 5) is 3.97. The minimum absolute atomic E-state index is 0.0865. The SMILES string of the molecule is COc1cccc(COc2ccc(CO)nc2)c1F.